The minimum absolute atomic E-state index is 0.304. The Bertz CT molecular complexity index is 603. The van der Waals surface area contributed by atoms with E-state index in [0.29, 0.717) is 12.2 Å². The normalized spacial score (nSPS) is 23.6. The molecule has 0 aliphatic carbocycles. The fourth-order valence-corrected chi connectivity index (χ4v) is 2.90. The molecule has 0 amide bonds. The van der Waals surface area contributed by atoms with Crippen LogP contribution in [0.4, 0.5) is 5.82 Å². The van der Waals surface area contributed by atoms with Gasteiger partial charge in [0.2, 0.25) is 0 Å². The van der Waals surface area contributed by atoms with Crippen LogP contribution >= 0.6 is 0 Å². The summed E-state index contributed by atoms with van der Waals surface area (Å²) in [4.78, 5) is 11.0. The van der Waals surface area contributed by atoms with Crippen molar-refractivity contribution in [3.63, 3.8) is 0 Å². The van der Waals surface area contributed by atoms with E-state index in [4.69, 9.17) is 4.74 Å². The summed E-state index contributed by atoms with van der Waals surface area (Å²) in [6, 6.07) is 0. The maximum absolute atomic E-state index is 5.75. The van der Waals surface area contributed by atoms with Crippen molar-refractivity contribution in [3.8, 4) is 0 Å². The Kier molecular flexibility index (Phi) is 4.03. The molecule has 2 aromatic heterocycles. The quantitative estimate of drug-likeness (QED) is 0.902. The van der Waals surface area contributed by atoms with Crippen molar-refractivity contribution in [3.05, 3.63) is 12.5 Å². The summed E-state index contributed by atoms with van der Waals surface area (Å²) in [6.45, 7) is 8.04. The number of nitrogens with one attached hydrogen (secondary N) is 1. The molecule has 2 atom stereocenters. The highest BCUT2D eigenvalue weighted by Gasteiger charge is 2.21. The molecule has 2 aromatic rings. The van der Waals surface area contributed by atoms with Crippen molar-refractivity contribution in [1.29, 1.82) is 0 Å². The van der Waals surface area contributed by atoms with Crippen LogP contribution in [-0.2, 0) is 11.8 Å². The molecule has 0 aromatic carbocycles. The number of fused-ring (bicyclic) bond motifs is 1. The molecule has 2 unspecified atom stereocenters. The van der Waals surface area contributed by atoms with Gasteiger partial charge in [0.1, 0.15) is 12.1 Å². The van der Waals surface area contributed by atoms with E-state index in [9.17, 15) is 0 Å². The van der Waals surface area contributed by atoms with Gasteiger partial charge in [0.25, 0.3) is 0 Å². The topological polar surface area (TPSA) is 68.1 Å². The smallest absolute Gasteiger partial charge is 0.163 e. The van der Waals surface area contributed by atoms with Crippen molar-refractivity contribution in [2.75, 3.05) is 31.5 Å². The average Bonchev–Trinajstić information content (AvgIpc) is 2.81. The Morgan fingerprint density at radius 1 is 1.29 bits per heavy atom. The minimum atomic E-state index is 0.304. The van der Waals surface area contributed by atoms with E-state index in [-0.39, 0.29) is 0 Å². The molecule has 7 heteroatoms. The molecule has 114 valence electrons. The Labute approximate surface area is 124 Å². The van der Waals surface area contributed by atoms with Gasteiger partial charge >= 0.3 is 0 Å². The Morgan fingerprint density at radius 2 is 2.05 bits per heavy atom. The number of hydrogen-bond acceptors (Lipinski definition) is 6. The molecule has 0 spiro atoms. The van der Waals surface area contributed by atoms with Crippen LogP contribution in [0.5, 0.6) is 0 Å². The van der Waals surface area contributed by atoms with Crippen molar-refractivity contribution in [2.45, 2.75) is 26.1 Å². The zero-order chi connectivity index (χ0) is 14.8. The standard InChI is InChI=1S/C14H22N6O/c1-10-7-20(8-11(2)21-10)5-4-15-13-12-6-18-19(3)14(12)17-9-16-13/h6,9-11H,4-5,7-8H2,1-3H3,(H,15,16,17). The number of rotatable bonds is 4. The zero-order valence-corrected chi connectivity index (χ0v) is 12.8. The molecule has 1 fully saturated rings. The SMILES string of the molecule is CC1CN(CCNc2ncnc3c2cnn3C)CC(C)O1. The third-order valence-corrected chi connectivity index (χ3v) is 3.75. The van der Waals surface area contributed by atoms with Gasteiger partial charge < -0.3 is 10.1 Å². The Morgan fingerprint density at radius 3 is 2.81 bits per heavy atom. The molecule has 0 saturated carbocycles. The maximum Gasteiger partial charge on any atom is 0.163 e. The van der Waals surface area contributed by atoms with Gasteiger partial charge in [-0.25, -0.2) is 9.97 Å². The first-order valence-electron chi connectivity index (χ1n) is 7.38. The van der Waals surface area contributed by atoms with E-state index in [1.54, 1.807) is 17.2 Å². The summed E-state index contributed by atoms with van der Waals surface area (Å²) < 4.78 is 7.51. The Balaban J connectivity index is 1.59. The van der Waals surface area contributed by atoms with Crippen molar-refractivity contribution in [2.24, 2.45) is 7.05 Å². The van der Waals surface area contributed by atoms with Crippen LogP contribution < -0.4 is 5.32 Å². The van der Waals surface area contributed by atoms with Crippen LogP contribution in [0.3, 0.4) is 0 Å². The fraction of sp³-hybridized carbons (Fsp3) is 0.643. The van der Waals surface area contributed by atoms with Crippen LogP contribution in [0.1, 0.15) is 13.8 Å². The van der Waals surface area contributed by atoms with Crippen molar-refractivity contribution in [1.82, 2.24) is 24.6 Å². The highest BCUT2D eigenvalue weighted by atomic mass is 16.5. The second-order valence-corrected chi connectivity index (χ2v) is 5.67. The summed E-state index contributed by atoms with van der Waals surface area (Å²) in [5.74, 6) is 0.849. The molecule has 0 bridgehead atoms. The lowest BCUT2D eigenvalue weighted by atomic mass is 10.2. The van der Waals surface area contributed by atoms with E-state index < -0.39 is 0 Å². The van der Waals surface area contributed by atoms with Gasteiger partial charge in [-0.3, -0.25) is 9.58 Å². The number of anilines is 1. The van der Waals surface area contributed by atoms with Crippen LogP contribution in [-0.4, -0.2) is 63.0 Å². The number of morpholine rings is 1. The molecule has 21 heavy (non-hydrogen) atoms. The molecule has 3 rings (SSSR count). The monoisotopic (exact) mass is 290 g/mol. The predicted molar refractivity (Wildman–Crippen MR) is 81.2 cm³/mol. The first kappa shape index (κ1) is 14.2. The molecule has 1 N–H and O–H groups in total. The van der Waals surface area contributed by atoms with Crippen LogP contribution in [0.2, 0.25) is 0 Å². The molecular formula is C14H22N6O. The van der Waals surface area contributed by atoms with Gasteiger partial charge in [0.05, 0.1) is 23.8 Å². The van der Waals surface area contributed by atoms with Gasteiger partial charge in [-0.1, -0.05) is 0 Å². The zero-order valence-electron chi connectivity index (χ0n) is 12.8. The summed E-state index contributed by atoms with van der Waals surface area (Å²) in [5.41, 5.74) is 0.848. The third kappa shape index (κ3) is 3.14. The Hall–Kier alpha value is -1.73. The molecule has 1 aliphatic heterocycles. The lowest BCUT2D eigenvalue weighted by Gasteiger charge is -2.35. The first-order chi connectivity index (χ1) is 10.1. The average molecular weight is 290 g/mol. The van der Waals surface area contributed by atoms with Gasteiger partial charge in [0.15, 0.2) is 5.65 Å². The van der Waals surface area contributed by atoms with Crippen LogP contribution in [0, 0.1) is 0 Å². The number of nitrogens with zero attached hydrogens (tertiary/aromatic N) is 5. The highest BCUT2D eigenvalue weighted by Crippen LogP contribution is 2.17. The molecule has 1 aliphatic rings. The van der Waals surface area contributed by atoms with Gasteiger partial charge in [-0.15, -0.1) is 0 Å². The van der Waals surface area contributed by atoms with Gasteiger partial charge in [-0.2, -0.15) is 5.10 Å². The maximum atomic E-state index is 5.75. The molecule has 0 radical (unpaired) electrons. The van der Waals surface area contributed by atoms with E-state index >= 15 is 0 Å². The first-order valence-corrected chi connectivity index (χ1v) is 7.38. The second-order valence-electron chi connectivity index (χ2n) is 5.67. The van der Waals surface area contributed by atoms with Crippen molar-refractivity contribution >= 4 is 16.9 Å². The summed E-state index contributed by atoms with van der Waals surface area (Å²) >= 11 is 0. The van der Waals surface area contributed by atoms with E-state index in [1.165, 1.54) is 0 Å². The number of aryl methyl sites for hydroxylation is 1. The summed E-state index contributed by atoms with van der Waals surface area (Å²) in [6.07, 6.45) is 3.98. The second kappa shape index (κ2) is 5.95. The number of aromatic nitrogens is 4. The molecule has 7 nitrogen and oxygen atoms in total. The minimum Gasteiger partial charge on any atom is -0.373 e. The van der Waals surface area contributed by atoms with Crippen LogP contribution in [0.25, 0.3) is 11.0 Å². The van der Waals surface area contributed by atoms with E-state index in [0.717, 1.165) is 43.0 Å². The molecule has 1 saturated heterocycles. The summed E-state index contributed by atoms with van der Waals surface area (Å²) in [5, 5.41) is 8.57. The predicted octanol–water partition coefficient (Wildman–Crippen LogP) is 0.884. The third-order valence-electron chi connectivity index (χ3n) is 3.75. The van der Waals surface area contributed by atoms with Gasteiger partial charge in [-0.05, 0) is 13.8 Å². The number of hydrogen-bond donors (Lipinski definition) is 1. The number of ether oxygens (including phenoxy) is 1. The lowest BCUT2D eigenvalue weighted by Crippen LogP contribution is -2.46. The van der Waals surface area contributed by atoms with E-state index in [2.05, 4.69) is 39.1 Å². The summed E-state index contributed by atoms with van der Waals surface area (Å²) in [7, 11) is 1.88. The fourth-order valence-electron chi connectivity index (χ4n) is 2.90. The lowest BCUT2D eigenvalue weighted by molar-refractivity contribution is -0.0667. The highest BCUT2D eigenvalue weighted by molar-refractivity contribution is 5.85. The largest absolute Gasteiger partial charge is 0.373 e. The van der Waals surface area contributed by atoms with E-state index in [1.807, 2.05) is 7.05 Å². The molecule has 3 heterocycles. The molecular weight excluding hydrogens is 268 g/mol. The van der Waals surface area contributed by atoms with Crippen LogP contribution in [0.15, 0.2) is 12.5 Å². The van der Waals surface area contributed by atoms with Gasteiger partial charge in [0, 0.05) is 33.2 Å². The van der Waals surface area contributed by atoms with Crippen molar-refractivity contribution < 1.29 is 4.74 Å².